The molecule has 1 aromatic heterocycles. The van der Waals surface area contributed by atoms with Gasteiger partial charge in [-0.05, 0) is 23.6 Å². The van der Waals surface area contributed by atoms with Gasteiger partial charge in [-0.2, -0.15) is 0 Å². The monoisotopic (exact) mass is 280 g/mol. The molecule has 0 aliphatic carbocycles. The van der Waals surface area contributed by atoms with Crippen LogP contribution in [-0.4, -0.2) is 9.97 Å². The molecule has 0 aliphatic heterocycles. The van der Waals surface area contributed by atoms with Crippen molar-refractivity contribution in [1.29, 1.82) is 0 Å². The maximum atomic E-state index is 11.3. The van der Waals surface area contributed by atoms with E-state index in [1.807, 2.05) is 12.1 Å². The van der Waals surface area contributed by atoms with Crippen molar-refractivity contribution < 1.29 is 0 Å². The third kappa shape index (κ3) is 2.73. The summed E-state index contributed by atoms with van der Waals surface area (Å²) in [4.78, 5) is 27.7. The highest BCUT2D eigenvalue weighted by Gasteiger charge is 2.18. The molecular formula is C14H17ClN2O2. The van der Waals surface area contributed by atoms with E-state index in [1.54, 1.807) is 6.07 Å². The molecule has 102 valence electrons. The summed E-state index contributed by atoms with van der Waals surface area (Å²) in [5.74, 6) is 0.397. The molecule has 0 saturated heterocycles. The summed E-state index contributed by atoms with van der Waals surface area (Å²) < 4.78 is 0. The predicted molar refractivity (Wildman–Crippen MR) is 77.9 cm³/mol. The third-order valence-corrected chi connectivity index (χ3v) is 4.14. The zero-order valence-electron chi connectivity index (χ0n) is 11.0. The fraction of sp³-hybridized carbons (Fsp3) is 0.429. The topological polar surface area (TPSA) is 65.7 Å². The number of fused-ring (bicyclic) bond motifs is 1. The van der Waals surface area contributed by atoms with E-state index in [4.69, 9.17) is 11.6 Å². The minimum absolute atomic E-state index is 0.0881. The third-order valence-electron chi connectivity index (χ3n) is 3.53. The van der Waals surface area contributed by atoms with Crippen molar-refractivity contribution in [3.8, 4) is 0 Å². The lowest BCUT2D eigenvalue weighted by Crippen LogP contribution is -2.28. The normalized spacial score (nSPS) is 13.1. The zero-order chi connectivity index (χ0) is 14.0. The van der Waals surface area contributed by atoms with E-state index in [2.05, 4.69) is 23.8 Å². The number of aromatic amines is 2. The number of halogens is 1. The number of hydrogen-bond acceptors (Lipinski definition) is 2. The van der Waals surface area contributed by atoms with Gasteiger partial charge in [-0.1, -0.05) is 32.8 Å². The summed E-state index contributed by atoms with van der Waals surface area (Å²) in [5.41, 5.74) is 0.909. The van der Waals surface area contributed by atoms with Crippen molar-refractivity contribution in [1.82, 2.24) is 9.97 Å². The van der Waals surface area contributed by atoms with Gasteiger partial charge in [0, 0.05) is 0 Å². The molecule has 2 rings (SSSR count). The van der Waals surface area contributed by atoms with E-state index < -0.39 is 11.1 Å². The number of aromatic nitrogens is 2. The summed E-state index contributed by atoms with van der Waals surface area (Å²) >= 11 is 6.48. The molecule has 0 radical (unpaired) electrons. The van der Waals surface area contributed by atoms with Gasteiger partial charge in [0.15, 0.2) is 0 Å². The quantitative estimate of drug-likeness (QED) is 0.668. The molecule has 4 nitrogen and oxygen atoms in total. The second-order valence-electron chi connectivity index (χ2n) is 4.69. The van der Waals surface area contributed by atoms with Crippen molar-refractivity contribution >= 4 is 22.6 Å². The molecule has 0 bridgehead atoms. The maximum Gasteiger partial charge on any atom is 0.314 e. The highest BCUT2D eigenvalue weighted by molar-refractivity contribution is 6.21. The van der Waals surface area contributed by atoms with Crippen LogP contribution in [0.3, 0.4) is 0 Å². The van der Waals surface area contributed by atoms with E-state index in [9.17, 15) is 9.59 Å². The molecule has 5 heteroatoms. The van der Waals surface area contributed by atoms with Crippen molar-refractivity contribution in [2.75, 3.05) is 0 Å². The van der Waals surface area contributed by atoms with Crippen LogP contribution < -0.4 is 11.1 Å². The molecular weight excluding hydrogens is 264 g/mol. The minimum atomic E-state index is -0.640. The summed E-state index contributed by atoms with van der Waals surface area (Å²) in [5, 5.41) is -0.0881. The summed E-state index contributed by atoms with van der Waals surface area (Å²) in [6, 6.07) is 5.51. The number of H-pyrrole nitrogens is 2. The predicted octanol–water partition coefficient (Wildman–Crippen LogP) is 2.93. The first-order valence-electron chi connectivity index (χ1n) is 6.47. The number of nitrogens with one attached hydrogen (secondary N) is 2. The fourth-order valence-electron chi connectivity index (χ4n) is 2.28. The van der Waals surface area contributed by atoms with Gasteiger partial charge in [-0.15, -0.1) is 11.6 Å². The van der Waals surface area contributed by atoms with Crippen molar-refractivity contribution in [2.24, 2.45) is 5.92 Å². The van der Waals surface area contributed by atoms with E-state index in [0.29, 0.717) is 17.0 Å². The lowest BCUT2D eigenvalue weighted by atomic mass is 9.94. The SMILES string of the molecule is CCC(CC)C(Cl)c1ccc2[nH]c(=O)c(=O)[nH]c2c1. The largest absolute Gasteiger partial charge is 0.316 e. The van der Waals surface area contributed by atoms with Crippen molar-refractivity contribution in [3.63, 3.8) is 0 Å². The number of benzene rings is 1. The molecule has 19 heavy (non-hydrogen) atoms. The van der Waals surface area contributed by atoms with Gasteiger partial charge in [-0.25, -0.2) is 0 Å². The molecule has 2 aromatic rings. The van der Waals surface area contributed by atoms with Crippen LogP contribution in [0.5, 0.6) is 0 Å². The fourth-order valence-corrected chi connectivity index (χ4v) is 2.77. The van der Waals surface area contributed by atoms with Crippen LogP contribution in [0.25, 0.3) is 11.0 Å². The van der Waals surface area contributed by atoms with E-state index in [-0.39, 0.29) is 5.38 Å². The Morgan fingerprint density at radius 3 is 2.21 bits per heavy atom. The molecule has 1 atom stereocenters. The summed E-state index contributed by atoms with van der Waals surface area (Å²) in [6.45, 7) is 4.23. The van der Waals surface area contributed by atoms with Gasteiger partial charge in [0.2, 0.25) is 0 Å². The maximum absolute atomic E-state index is 11.3. The second-order valence-corrected chi connectivity index (χ2v) is 5.16. The molecule has 1 heterocycles. The van der Waals surface area contributed by atoms with E-state index in [0.717, 1.165) is 18.4 Å². The van der Waals surface area contributed by atoms with Crippen LogP contribution >= 0.6 is 11.6 Å². The first-order chi connectivity index (χ1) is 9.06. The van der Waals surface area contributed by atoms with Crippen molar-refractivity contribution in [3.05, 3.63) is 44.5 Å². The molecule has 0 aliphatic rings. The number of hydrogen-bond donors (Lipinski definition) is 2. The summed E-state index contributed by atoms with van der Waals surface area (Å²) in [7, 11) is 0. The Kier molecular flexibility index (Phi) is 4.10. The van der Waals surface area contributed by atoms with Crippen LogP contribution in [0.15, 0.2) is 27.8 Å². The molecule has 1 aromatic carbocycles. The van der Waals surface area contributed by atoms with Gasteiger partial charge >= 0.3 is 11.1 Å². The molecule has 0 saturated carbocycles. The Morgan fingerprint density at radius 2 is 1.63 bits per heavy atom. The van der Waals surface area contributed by atoms with Gasteiger partial charge < -0.3 is 9.97 Å². The Morgan fingerprint density at radius 1 is 1.05 bits per heavy atom. The molecule has 0 spiro atoms. The van der Waals surface area contributed by atoms with Crippen molar-refractivity contribution in [2.45, 2.75) is 32.1 Å². The summed E-state index contributed by atoms with van der Waals surface area (Å²) in [6.07, 6.45) is 2.01. The van der Waals surface area contributed by atoms with Gasteiger partial charge in [-0.3, -0.25) is 9.59 Å². The van der Waals surface area contributed by atoms with Gasteiger partial charge in [0.1, 0.15) is 0 Å². The van der Waals surface area contributed by atoms with E-state index >= 15 is 0 Å². The molecule has 2 N–H and O–H groups in total. The first-order valence-corrected chi connectivity index (χ1v) is 6.90. The first kappa shape index (κ1) is 13.9. The van der Waals surface area contributed by atoms with Crippen LogP contribution in [0.1, 0.15) is 37.6 Å². The van der Waals surface area contributed by atoms with Gasteiger partial charge in [0.25, 0.3) is 0 Å². The lowest BCUT2D eigenvalue weighted by molar-refractivity contribution is 0.476. The molecule has 0 fully saturated rings. The van der Waals surface area contributed by atoms with Crippen LogP contribution in [0.2, 0.25) is 0 Å². The highest BCUT2D eigenvalue weighted by Crippen LogP contribution is 2.33. The average molecular weight is 281 g/mol. The zero-order valence-corrected chi connectivity index (χ0v) is 11.8. The Balaban J connectivity index is 2.49. The Bertz CT molecular complexity index is 686. The Hall–Kier alpha value is -1.55. The minimum Gasteiger partial charge on any atom is -0.316 e. The Labute approximate surface area is 115 Å². The average Bonchev–Trinajstić information content (AvgIpc) is 2.41. The highest BCUT2D eigenvalue weighted by atomic mass is 35.5. The second kappa shape index (κ2) is 5.61. The molecule has 0 amide bonds. The van der Waals surface area contributed by atoms with Crippen LogP contribution in [0.4, 0.5) is 0 Å². The lowest BCUT2D eigenvalue weighted by Gasteiger charge is -2.19. The smallest absolute Gasteiger partial charge is 0.314 e. The van der Waals surface area contributed by atoms with Gasteiger partial charge in [0.05, 0.1) is 16.4 Å². The van der Waals surface area contributed by atoms with Crippen LogP contribution in [-0.2, 0) is 0 Å². The molecule has 1 unspecified atom stereocenters. The van der Waals surface area contributed by atoms with Crippen LogP contribution in [0, 0.1) is 5.92 Å². The standard InChI is InChI=1S/C14H17ClN2O2/c1-3-8(4-2)12(15)9-5-6-10-11(7-9)17-14(19)13(18)16-10/h5-8,12H,3-4H2,1-2H3,(H,16,18)(H,17,19). The number of rotatable bonds is 4. The number of alkyl halides is 1. The van der Waals surface area contributed by atoms with E-state index in [1.165, 1.54) is 0 Å².